The van der Waals surface area contributed by atoms with Crippen molar-refractivity contribution >= 4 is 0 Å². The molecule has 0 aliphatic heterocycles. The zero-order chi connectivity index (χ0) is 13.1. The van der Waals surface area contributed by atoms with E-state index in [1.54, 1.807) is 19.1 Å². The first kappa shape index (κ1) is 12.6. The van der Waals surface area contributed by atoms with Gasteiger partial charge in [-0.15, -0.1) is 0 Å². The van der Waals surface area contributed by atoms with Crippen LogP contribution in [0.25, 0.3) is 0 Å². The molecule has 2 aromatic rings. The van der Waals surface area contributed by atoms with Crippen molar-refractivity contribution < 1.29 is 13.5 Å². The van der Waals surface area contributed by atoms with Crippen LogP contribution in [-0.2, 0) is 13.2 Å². The minimum atomic E-state index is -0.229. The number of hydrogen-bond acceptors (Lipinski definition) is 3. The van der Waals surface area contributed by atoms with E-state index in [1.165, 1.54) is 6.07 Å². The van der Waals surface area contributed by atoms with Crippen LogP contribution in [0.15, 0.2) is 28.7 Å². The van der Waals surface area contributed by atoms with Crippen molar-refractivity contribution in [1.82, 2.24) is 0 Å². The Hall–Kier alpha value is -1.81. The molecule has 4 heteroatoms. The van der Waals surface area contributed by atoms with Crippen LogP contribution >= 0.6 is 0 Å². The fraction of sp³-hybridized carbons (Fsp3) is 0.286. The summed E-state index contributed by atoms with van der Waals surface area (Å²) in [4.78, 5) is 0. The van der Waals surface area contributed by atoms with Crippen molar-refractivity contribution in [1.29, 1.82) is 0 Å². The lowest BCUT2D eigenvalue weighted by Gasteiger charge is -2.06. The van der Waals surface area contributed by atoms with Crippen LogP contribution in [0.2, 0.25) is 0 Å². The summed E-state index contributed by atoms with van der Waals surface area (Å²) >= 11 is 0. The van der Waals surface area contributed by atoms with Crippen molar-refractivity contribution in [2.45, 2.75) is 27.0 Å². The molecular formula is C14H16FNO2. The first-order valence-electron chi connectivity index (χ1n) is 5.77. The number of hydrogen-bond donors (Lipinski definition) is 1. The van der Waals surface area contributed by atoms with E-state index in [-0.39, 0.29) is 5.82 Å². The standard InChI is InChI=1S/C14H16FNO2/c1-9-5-12(3-4-14(9)15)17-8-11-6-13(7-16)18-10(11)2/h3-6H,7-8,16H2,1-2H3. The van der Waals surface area contributed by atoms with Crippen molar-refractivity contribution in [3.05, 3.63) is 52.7 Å². The second-order valence-corrected chi connectivity index (χ2v) is 4.20. The molecule has 0 amide bonds. The number of benzene rings is 1. The topological polar surface area (TPSA) is 48.4 Å². The number of halogens is 1. The van der Waals surface area contributed by atoms with Crippen molar-refractivity contribution in [2.24, 2.45) is 5.73 Å². The van der Waals surface area contributed by atoms with E-state index in [0.717, 1.165) is 17.1 Å². The van der Waals surface area contributed by atoms with Crippen LogP contribution in [-0.4, -0.2) is 0 Å². The van der Waals surface area contributed by atoms with E-state index in [1.807, 2.05) is 13.0 Å². The predicted molar refractivity (Wildman–Crippen MR) is 66.8 cm³/mol. The zero-order valence-electron chi connectivity index (χ0n) is 10.5. The molecule has 18 heavy (non-hydrogen) atoms. The van der Waals surface area contributed by atoms with Gasteiger partial charge in [-0.3, -0.25) is 0 Å². The molecule has 0 spiro atoms. The second kappa shape index (κ2) is 5.23. The summed E-state index contributed by atoms with van der Waals surface area (Å²) in [5, 5.41) is 0. The molecule has 96 valence electrons. The molecule has 2 rings (SSSR count). The maximum atomic E-state index is 13.1. The third kappa shape index (κ3) is 2.71. The third-order valence-electron chi connectivity index (χ3n) is 2.80. The zero-order valence-corrected chi connectivity index (χ0v) is 10.5. The highest BCUT2D eigenvalue weighted by Crippen LogP contribution is 2.20. The first-order chi connectivity index (χ1) is 8.60. The average molecular weight is 249 g/mol. The van der Waals surface area contributed by atoms with Gasteiger partial charge in [-0.1, -0.05) is 0 Å². The molecule has 2 N–H and O–H groups in total. The molecule has 0 aliphatic rings. The molecule has 0 bridgehead atoms. The van der Waals surface area contributed by atoms with E-state index < -0.39 is 0 Å². The van der Waals surface area contributed by atoms with Gasteiger partial charge >= 0.3 is 0 Å². The van der Waals surface area contributed by atoms with Crippen LogP contribution in [0.5, 0.6) is 5.75 Å². The molecule has 1 aromatic carbocycles. The first-order valence-corrected chi connectivity index (χ1v) is 5.77. The fourth-order valence-corrected chi connectivity index (χ4v) is 1.70. The Kier molecular flexibility index (Phi) is 3.67. The normalized spacial score (nSPS) is 10.7. The predicted octanol–water partition coefficient (Wildman–Crippen LogP) is 3.07. The van der Waals surface area contributed by atoms with Gasteiger partial charge in [0.1, 0.15) is 29.7 Å². The minimum absolute atomic E-state index is 0.229. The maximum absolute atomic E-state index is 13.1. The van der Waals surface area contributed by atoms with Gasteiger partial charge in [-0.05, 0) is 43.7 Å². The number of rotatable bonds is 4. The average Bonchev–Trinajstić information content (AvgIpc) is 2.72. The quantitative estimate of drug-likeness (QED) is 0.905. The Balaban J connectivity index is 2.06. The number of nitrogens with two attached hydrogens (primary N) is 1. The molecule has 0 unspecified atom stereocenters. The second-order valence-electron chi connectivity index (χ2n) is 4.20. The van der Waals surface area contributed by atoms with Crippen molar-refractivity contribution in [3.63, 3.8) is 0 Å². The summed E-state index contributed by atoms with van der Waals surface area (Å²) in [6, 6.07) is 6.57. The Bertz CT molecular complexity index is 549. The van der Waals surface area contributed by atoms with Crippen LogP contribution in [0.4, 0.5) is 4.39 Å². The summed E-state index contributed by atoms with van der Waals surface area (Å²) < 4.78 is 24.1. The third-order valence-corrected chi connectivity index (χ3v) is 2.80. The van der Waals surface area contributed by atoms with Crippen LogP contribution in [0.3, 0.4) is 0 Å². The monoisotopic (exact) mass is 249 g/mol. The lowest BCUT2D eigenvalue weighted by atomic mass is 10.2. The van der Waals surface area contributed by atoms with E-state index >= 15 is 0 Å². The van der Waals surface area contributed by atoms with Gasteiger partial charge in [0.2, 0.25) is 0 Å². The molecule has 0 radical (unpaired) electrons. The smallest absolute Gasteiger partial charge is 0.126 e. The largest absolute Gasteiger partial charge is 0.489 e. The molecule has 3 nitrogen and oxygen atoms in total. The Morgan fingerprint density at radius 2 is 2.06 bits per heavy atom. The van der Waals surface area contributed by atoms with Gasteiger partial charge in [0.25, 0.3) is 0 Å². The highest BCUT2D eigenvalue weighted by Gasteiger charge is 2.07. The molecule has 0 aliphatic carbocycles. The van der Waals surface area contributed by atoms with Gasteiger partial charge in [0.05, 0.1) is 6.54 Å². The highest BCUT2D eigenvalue weighted by atomic mass is 19.1. The molecule has 0 saturated heterocycles. The lowest BCUT2D eigenvalue weighted by Crippen LogP contribution is -1.97. The van der Waals surface area contributed by atoms with Gasteiger partial charge in [0.15, 0.2) is 0 Å². The van der Waals surface area contributed by atoms with Crippen LogP contribution < -0.4 is 10.5 Å². The van der Waals surface area contributed by atoms with Gasteiger partial charge in [-0.2, -0.15) is 0 Å². The van der Waals surface area contributed by atoms with Crippen molar-refractivity contribution in [2.75, 3.05) is 0 Å². The molecule has 0 saturated carbocycles. The number of aryl methyl sites for hydroxylation is 2. The molecular weight excluding hydrogens is 233 g/mol. The van der Waals surface area contributed by atoms with E-state index in [9.17, 15) is 4.39 Å². The van der Waals surface area contributed by atoms with Crippen molar-refractivity contribution in [3.8, 4) is 5.75 Å². The molecule has 0 fully saturated rings. The van der Waals surface area contributed by atoms with Crippen LogP contribution in [0.1, 0.15) is 22.6 Å². The minimum Gasteiger partial charge on any atom is -0.489 e. The van der Waals surface area contributed by atoms with Gasteiger partial charge < -0.3 is 14.9 Å². The number of ether oxygens (including phenoxy) is 1. The van der Waals surface area contributed by atoms with Gasteiger partial charge in [0, 0.05) is 5.56 Å². The summed E-state index contributed by atoms with van der Waals surface area (Å²) in [7, 11) is 0. The fourth-order valence-electron chi connectivity index (χ4n) is 1.70. The summed E-state index contributed by atoms with van der Waals surface area (Å²) in [5.74, 6) is 1.95. The Morgan fingerprint density at radius 3 is 2.67 bits per heavy atom. The maximum Gasteiger partial charge on any atom is 0.126 e. The Morgan fingerprint density at radius 1 is 1.28 bits per heavy atom. The van der Waals surface area contributed by atoms with Gasteiger partial charge in [-0.25, -0.2) is 4.39 Å². The van der Waals surface area contributed by atoms with E-state index in [0.29, 0.717) is 24.5 Å². The molecule has 1 aromatic heterocycles. The van der Waals surface area contributed by atoms with E-state index in [4.69, 9.17) is 14.9 Å². The highest BCUT2D eigenvalue weighted by molar-refractivity contribution is 5.29. The van der Waals surface area contributed by atoms with E-state index in [2.05, 4.69) is 0 Å². The summed E-state index contributed by atoms with van der Waals surface area (Å²) in [6.07, 6.45) is 0. The number of furan rings is 1. The summed E-state index contributed by atoms with van der Waals surface area (Å²) in [5.41, 5.74) is 7.02. The summed E-state index contributed by atoms with van der Waals surface area (Å²) in [6.45, 7) is 4.34. The molecule has 0 atom stereocenters. The van der Waals surface area contributed by atoms with Crippen LogP contribution in [0, 0.1) is 19.7 Å². The lowest BCUT2D eigenvalue weighted by molar-refractivity contribution is 0.302. The molecule has 1 heterocycles. The SMILES string of the molecule is Cc1cc(OCc2cc(CN)oc2C)ccc1F. The Labute approximate surface area is 105 Å².